The summed E-state index contributed by atoms with van der Waals surface area (Å²) in [6, 6.07) is 8.93. The molecule has 1 aromatic carbocycles. The summed E-state index contributed by atoms with van der Waals surface area (Å²) in [5.41, 5.74) is 3.32. The quantitative estimate of drug-likeness (QED) is 0.895. The van der Waals surface area contributed by atoms with E-state index in [4.69, 9.17) is 9.40 Å². The van der Waals surface area contributed by atoms with Gasteiger partial charge in [0.05, 0.1) is 11.8 Å². The van der Waals surface area contributed by atoms with Crippen molar-refractivity contribution in [3.63, 3.8) is 0 Å². The van der Waals surface area contributed by atoms with Gasteiger partial charge in [0.15, 0.2) is 0 Å². The van der Waals surface area contributed by atoms with E-state index in [0.717, 1.165) is 68.5 Å². The molecule has 0 bridgehead atoms. The molecular weight excluding hydrogens is 338 g/mol. The number of β-amino-alcohol motifs (C(OH)–C–C–N with tert-alkyl or cyclic N) is 1. The summed E-state index contributed by atoms with van der Waals surface area (Å²) in [6.07, 6.45) is 4.31. The second-order valence-electron chi connectivity index (χ2n) is 8.19. The number of rotatable bonds is 4. The number of hydrogen-bond donors (Lipinski definition) is 1. The first kappa shape index (κ1) is 18.7. The SMILES string of the molecule is Cc1cccc(-c2nc(CN3CCC(N4CCC[C@H](O)C4)CC3)c(C)o2)c1. The number of aliphatic hydroxyl groups excluding tert-OH is 1. The van der Waals surface area contributed by atoms with E-state index in [1.807, 2.05) is 13.0 Å². The fourth-order valence-corrected chi connectivity index (χ4v) is 4.45. The van der Waals surface area contributed by atoms with E-state index < -0.39 is 0 Å². The molecule has 0 saturated carbocycles. The van der Waals surface area contributed by atoms with Crippen molar-refractivity contribution in [2.75, 3.05) is 26.2 Å². The molecule has 3 heterocycles. The fraction of sp³-hybridized carbons (Fsp3) is 0.591. The fourth-order valence-electron chi connectivity index (χ4n) is 4.45. The van der Waals surface area contributed by atoms with Crippen LogP contribution >= 0.6 is 0 Å². The molecule has 2 aromatic rings. The molecule has 0 aliphatic carbocycles. The van der Waals surface area contributed by atoms with Gasteiger partial charge in [-0.2, -0.15) is 0 Å². The standard InChI is InChI=1S/C22H31N3O2/c1-16-5-3-6-18(13-16)22-23-21(17(2)27-22)15-24-11-8-19(9-12-24)25-10-4-7-20(26)14-25/h3,5-6,13,19-20,26H,4,7-12,14-15H2,1-2H3/t20-/m0/s1. The van der Waals surface area contributed by atoms with Gasteiger partial charge in [-0.15, -0.1) is 0 Å². The van der Waals surface area contributed by atoms with E-state index in [1.165, 1.54) is 18.4 Å². The number of aliphatic hydroxyl groups is 1. The van der Waals surface area contributed by atoms with Gasteiger partial charge in [0.1, 0.15) is 5.76 Å². The lowest BCUT2D eigenvalue weighted by Gasteiger charge is -2.41. The van der Waals surface area contributed by atoms with Crippen molar-refractivity contribution in [2.45, 2.75) is 58.2 Å². The second-order valence-corrected chi connectivity index (χ2v) is 8.19. The van der Waals surface area contributed by atoms with Crippen molar-refractivity contribution in [3.8, 4) is 11.5 Å². The Morgan fingerprint density at radius 1 is 1.15 bits per heavy atom. The molecule has 0 amide bonds. The molecule has 0 spiro atoms. The molecule has 27 heavy (non-hydrogen) atoms. The average Bonchev–Trinajstić information content (AvgIpc) is 3.03. The highest BCUT2D eigenvalue weighted by atomic mass is 16.4. The third-order valence-electron chi connectivity index (χ3n) is 6.03. The first-order valence-corrected chi connectivity index (χ1v) is 10.3. The van der Waals surface area contributed by atoms with Crippen LogP contribution in [0.25, 0.3) is 11.5 Å². The first-order chi connectivity index (χ1) is 13.1. The molecule has 2 fully saturated rings. The topological polar surface area (TPSA) is 52.7 Å². The van der Waals surface area contributed by atoms with Gasteiger partial charge < -0.3 is 9.52 Å². The maximum atomic E-state index is 9.93. The Kier molecular flexibility index (Phi) is 5.62. The predicted octanol–water partition coefficient (Wildman–Crippen LogP) is 3.38. The minimum Gasteiger partial charge on any atom is -0.441 e. The average molecular weight is 370 g/mol. The number of benzene rings is 1. The van der Waals surface area contributed by atoms with Crippen molar-refractivity contribution in [3.05, 3.63) is 41.3 Å². The Morgan fingerprint density at radius 2 is 1.96 bits per heavy atom. The summed E-state index contributed by atoms with van der Waals surface area (Å²) >= 11 is 0. The zero-order valence-corrected chi connectivity index (χ0v) is 16.5. The number of hydrogen-bond acceptors (Lipinski definition) is 5. The van der Waals surface area contributed by atoms with Gasteiger partial charge in [-0.05, 0) is 58.2 Å². The van der Waals surface area contributed by atoms with Crippen molar-refractivity contribution in [1.82, 2.24) is 14.8 Å². The number of nitrogens with zero attached hydrogens (tertiary/aromatic N) is 3. The van der Waals surface area contributed by atoms with E-state index in [2.05, 4.69) is 34.9 Å². The lowest BCUT2D eigenvalue weighted by atomic mass is 9.99. The third kappa shape index (κ3) is 4.42. The van der Waals surface area contributed by atoms with Crippen LogP contribution in [0.5, 0.6) is 0 Å². The highest BCUT2D eigenvalue weighted by molar-refractivity contribution is 5.54. The molecule has 1 aromatic heterocycles. The lowest BCUT2D eigenvalue weighted by molar-refractivity contribution is 0.0242. The number of likely N-dealkylation sites (tertiary alicyclic amines) is 2. The van der Waals surface area contributed by atoms with Crippen LogP contribution in [0.15, 0.2) is 28.7 Å². The van der Waals surface area contributed by atoms with Crippen LogP contribution < -0.4 is 0 Å². The minimum absolute atomic E-state index is 0.130. The van der Waals surface area contributed by atoms with Gasteiger partial charge in [-0.3, -0.25) is 9.80 Å². The summed E-state index contributed by atoms with van der Waals surface area (Å²) in [5.74, 6) is 1.65. The van der Waals surface area contributed by atoms with Gasteiger partial charge >= 0.3 is 0 Å². The summed E-state index contributed by atoms with van der Waals surface area (Å²) in [6.45, 7) is 9.13. The zero-order chi connectivity index (χ0) is 18.8. The van der Waals surface area contributed by atoms with Gasteiger partial charge in [0.25, 0.3) is 0 Å². The molecule has 0 radical (unpaired) electrons. The Hall–Kier alpha value is -1.69. The normalized spacial score (nSPS) is 23.0. The van der Waals surface area contributed by atoms with E-state index in [-0.39, 0.29) is 6.10 Å². The van der Waals surface area contributed by atoms with Crippen LogP contribution in [0.4, 0.5) is 0 Å². The number of piperidine rings is 2. The summed E-state index contributed by atoms with van der Waals surface area (Å²) < 4.78 is 5.95. The molecule has 146 valence electrons. The molecule has 5 nitrogen and oxygen atoms in total. The van der Waals surface area contributed by atoms with Crippen LogP contribution in [0.3, 0.4) is 0 Å². The number of aromatic nitrogens is 1. The Bertz CT molecular complexity index is 765. The number of oxazole rings is 1. The highest BCUT2D eigenvalue weighted by Crippen LogP contribution is 2.25. The largest absolute Gasteiger partial charge is 0.441 e. The molecule has 2 aliphatic rings. The van der Waals surface area contributed by atoms with Crippen LogP contribution in [-0.4, -0.2) is 58.2 Å². The molecular formula is C22H31N3O2. The molecule has 2 aliphatic heterocycles. The van der Waals surface area contributed by atoms with Crippen LogP contribution in [-0.2, 0) is 6.54 Å². The predicted molar refractivity (Wildman–Crippen MR) is 107 cm³/mol. The zero-order valence-electron chi connectivity index (χ0n) is 16.5. The van der Waals surface area contributed by atoms with Crippen molar-refractivity contribution in [2.24, 2.45) is 0 Å². The van der Waals surface area contributed by atoms with Crippen LogP contribution in [0.2, 0.25) is 0 Å². The summed E-state index contributed by atoms with van der Waals surface area (Å²) in [5, 5.41) is 9.93. The van der Waals surface area contributed by atoms with Crippen molar-refractivity contribution in [1.29, 1.82) is 0 Å². The molecule has 0 unspecified atom stereocenters. The van der Waals surface area contributed by atoms with Gasteiger partial charge in [-0.1, -0.05) is 17.7 Å². The van der Waals surface area contributed by atoms with E-state index in [1.54, 1.807) is 0 Å². The monoisotopic (exact) mass is 369 g/mol. The Labute approximate surface area is 162 Å². The Balaban J connectivity index is 1.35. The molecule has 2 saturated heterocycles. The number of aryl methyl sites for hydroxylation is 2. The van der Waals surface area contributed by atoms with E-state index >= 15 is 0 Å². The lowest BCUT2D eigenvalue weighted by Crippen LogP contribution is -2.49. The van der Waals surface area contributed by atoms with E-state index in [9.17, 15) is 5.11 Å². The van der Waals surface area contributed by atoms with E-state index in [0.29, 0.717) is 6.04 Å². The molecule has 1 N–H and O–H groups in total. The smallest absolute Gasteiger partial charge is 0.226 e. The van der Waals surface area contributed by atoms with Crippen molar-refractivity contribution < 1.29 is 9.52 Å². The Morgan fingerprint density at radius 3 is 2.70 bits per heavy atom. The minimum atomic E-state index is -0.130. The first-order valence-electron chi connectivity index (χ1n) is 10.3. The van der Waals surface area contributed by atoms with Gasteiger partial charge in [0.2, 0.25) is 5.89 Å². The van der Waals surface area contributed by atoms with Gasteiger partial charge in [-0.25, -0.2) is 4.98 Å². The summed E-state index contributed by atoms with van der Waals surface area (Å²) in [7, 11) is 0. The maximum Gasteiger partial charge on any atom is 0.226 e. The molecule has 1 atom stereocenters. The maximum absolute atomic E-state index is 9.93. The molecule has 4 rings (SSSR count). The van der Waals surface area contributed by atoms with Gasteiger partial charge in [0, 0.05) is 37.8 Å². The second kappa shape index (κ2) is 8.13. The summed E-state index contributed by atoms with van der Waals surface area (Å²) in [4.78, 5) is 9.77. The molecule has 5 heteroatoms. The van der Waals surface area contributed by atoms with Crippen molar-refractivity contribution >= 4 is 0 Å². The van der Waals surface area contributed by atoms with Crippen LogP contribution in [0, 0.1) is 13.8 Å². The van der Waals surface area contributed by atoms with Crippen LogP contribution in [0.1, 0.15) is 42.7 Å². The third-order valence-corrected chi connectivity index (χ3v) is 6.03. The highest BCUT2D eigenvalue weighted by Gasteiger charge is 2.28.